The first kappa shape index (κ1) is 18.8. The van der Waals surface area contributed by atoms with Crippen LogP contribution in [0, 0.1) is 19.7 Å². The number of nitrogens with zero attached hydrogens (tertiary/aromatic N) is 3. The fourth-order valence-corrected chi connectivity index (χ4v) is 3.11. The van der Waals surface area contributed by atoms with Crippen molar-refractivity contribution in [1.82, 2.24) is 10.2 Å². The van der Waals surface area contributed by atoms with E-state index in [4.69, 9.17) is 5.11 Å². The molecular weight excluding hydrogens is 323 g/mol. The normalized spacial score (nSPS) is 14.1. The molecule has 2 heterocycles. The van der Waals surface area contributed by atoms with Crippen molar-refractivity contribution in [3.63, 3.8) is 0 Å². The highest BCUT2D eigenvalue weighted by Gasteiger charge is 2.24. The van der Waals surface area contributed by atoms with Gasteiger partial charge in [-0.2, -0.15) is 5.10 Å². The Hall–Kier alpha value is -2.57. The van der Waals surface area contributed by atoms with Gasteiger partial charge in [-0.3, -0.25) is 5.10 Å². The van der Waals surface area contributed by atoms with Crippen LogP contribution in [0.2, 0.25) is 0 Å². The van der Waals surface area contributed by atoms with Crippen LogP contribution < -0.4 is 9.80 Å². The van der Waals surface area contributed by atoms with Crippen LogP contribution in [0.5, 0.6) is 0 Å². The fourth-order valence-electron chi connectivity index (χ4n) is 3.11. The number of halogens is 1. The van der Waals surface area contributed by atoms with Crippen LogP contribution in [-0.4, -0.2) is 47.5 Å². The molecule has 1 saturated heterocycles. The van der Waals surface area contributed by atoms with Gasteiger partial charge in [0.1, 0.15) is 0 Å². The van der Waals surface area contributed by atoms with E-state index in [0.29, 0.717) is 18.8 Å². The molecule has 3 rings (SSSR count). The number of nitrogens with one attached hydrogen (secondary N) is 1. The Kier molecular flexibility index (Phi) is 6.01. The van der Waals surface area contributed by atoms with E-state index < -0.39 is 11.8 Å². The van der Waals surface area contributed by atoms with Gasteiger partial charge in [-0.15, -0.1) is 0 Å². The number of benzene rings is 1. The molecule has 7 heteroatoms. The summed E-state index contributed by atoms with van der Waals surface area (Å²) in [6, 6.07) is 4.50. The van der Waals surface area contributed by atoms with Gasteiger partial charge in [0.25, 0.3) is 0 Å². The number of aromatic amines is 1. The van der Waals surface area contributed by atoms with E-state index in [2.05, 4.69) is 15.1 Å². The van der Waals surface area contributed by atoms with E-state index in [1.807, 2.05) is 32.6 Å². The molecule has 2 N–H and O–H groups in total. The quantitative estimate of drug-likeness (QED) is 0.891. The van der Waals surface area contributed by atoms with E-state index in [9.17, 15) is 9.18 Å². The van der Waals surface area contributed by atoms with Gasteiger partial charge in [0.05, 0.1) is 28.3 Å². The highest BCUT2D eigenvalue weighted by Crippen LogP contribution is 2.27. The van der Waals surface area contributed by atoms with Crippen LogP contribution >= 0.6 is 0 Å². The predicted octanol–water partition coefficient (Wildman–Crippen LogP) is 3.22. The maximum Gasteiger partial charge on any atom is 0.338 e. The van der Waals surface area contributed by atoms with Crippen molar-refractivity contribution in [3.8, 4) is 0 Å². The predicted molar refractivity (Wildman–Crippen MR) is 97.2 cm³/mol. The van der Waals surface area contributed by atoms with Gasteiger partial charge in [-0.05, 0) is 26.0 Å². The van der Waals surface area contributed by atoms with Crippen LogP contribution in [0.1, 0.15) is 35.6 Å². The summed E-state index contributed by atoms with van der Waals surface area (Å²) in [5.74, 6) is -1.91. The first-order chi connectivity index (χ1) is 12.0. The fraction of sp³-hybridized carbons (Fsp3) is 0.444. The molecule has 1 aromatic carbocycles. The van der Waals surface area contributed by atoms with E-state index in [1.54, 1.807) is 12.1 Å². The average molecular weight is 348 g/mol. The number of H-pyrrole nitrogens is 1. The lowest BCUT2D eigenvalue weighted by molar-refractivity contribution is 0.0692. The van der Waals surface area contributed by atoms with Gasteiger partial charge in [-0.1, -0.05) is 19.9 Å². The number of hydrogen-bond donors (Lipinski definition) is 2. The van der Waals surface area contributed by atoms with Crippen LogP contribution in [0.15, 0.2) is 18.2 Å². The lowest BCUT2D eigenvalue weighted by Gasteiger charge is -2.37. The second-order valence-electron chi connectivity index (χ2n) is 5.70. The van der Waals surface area contributed by atoms with E-state index >= 15 is 0 Å². The Morgan fingerprint density at radius 2 is 1.76 bits per heavy atom. The molecular formula is C18H25FN4O2. The summed E-state index contributed by atoms with van der Waals surface area (Å²) in [5.41, 5.74) is 3.14. The average Bonchev–Trinajstić information content (AvgIpc) is 2.95. The number of carboxylic acid groups (broad SMARTS) is 1. The Labute approximate surface area is 147 Å². The molecule has 0 unspecified atom stereocenters. The zero-order valence-corrected chi connectivity index (χ0v) is 15.1. The van der Waals surface area contributed by atoms with Gasteiger partial charge >= 0.3 is 5.97 Å². The van der Waals surface area contributed by atoms with Crippen molar-refractivity contribution in [2.45, 2.75) is 27.7 Å². The summed E-state index contributed by atoms with van der Waals surface area (Å²) in [4.78, 5) is 15.2. The number of rotatable bonds is 3. The zero-order chi connectivity index (χ0) is 18.6. The summed E-state index contributed by atoms with van der Waals surface area (Å²) >= 11 is 0. The number of aromatic carboxylic acids is 1. The Balaban J connectivity index is 0.00000109. The molecule has 1 aromatic heterocycles. The minimum Gasteiger partial charge on any atom is -0.478 e. The summed E-state index contributed by atoms with van der Waals surface area (Å²) in [7, 11) is 0. The molecule has 0 bridgehead atoms. The third-order valence-electron chi connectivity index (χ3n) is 4.23. The lowest BCUT2D eigenvalue weighted by Crippen LogP contribution is -2.47. The third kappa shape index (κ3) is 3.75. The number of aryl methyl sites for hydroxylation is 2. The van der Waals surface area contributed by atoms with E-state index in [0.717, 1.165) is 30.2 Å². The van der Waals surface area contributed by atoms with Gasteiger partial charge in [0.2, 0.25) is 0 Å². The third-order valence-corrected chi connectivity index (χ3v) is 4.23. The van der Waals surface area contributed by atoms with Crippen LogP contribution in [0.4, 0.5) is 15.8 Å². The highest BCUT2D eigenvalue weighted by molar-refractivity contribution is 5.89. The van der Waals surface area contributed by atoms with Crippen molar-refractivity contribution >= 4 is 17.3 Å². The molecule has 0 amide bonds. The maximum atomic E-state index is 14.4. The number of carbonyl (C=O) groups is 1. The molecule has 0 saturated carbocycles. The van der Waals surface area contributed by atoms with E-state index in [-0.39, 0.29) is 5.56 Å². The number of piperazine rings is 1. The van der Waals surface area contributed by atoms with Crippen LogP contribution in [-0.2, 0) is 0 Å². The van der Waals surface area contributed by atoms with Gasteiger partial charge in [-0.25, -0.2) is 9.18 Å². The topological polar surface area (TPSA) is 72.5 Å². The standard InChI is InChI=1S/C16H19FN4O2.C2H6/c1-10-15(11(2)19-18-10)21-8-6-20(7-9-21)13-5-3-4-12(14(13)17)16(22)23;1-2/h3-5H,6-9H2,1-2H3,(H,18,19)(H,22,23);1-2H3. The molecule has 1 aliphatic rings. The molecule has 2 aromatic rings. The van der Waals surface area contributed by atoms with Crippen molar-refractivity contribution in [2.75, 3.05) is 36.0 Å². The number of hydrogen-bond acceptors (Lipinski definition) is 4. The number of carboxylic acids is 1. The summed E-state index contributed by atoms with van der Waals surface area (Å²) in [6.07, 6.45) is 0. The SMILES string of the molecule is CC.Cc1n[nH]c(C)c1N1CCN(c2cccc(C(=O)O)c2F)CC1. The first-order valence-corrected chi connectivity index (χ1v) is 8.52. The molecule has 136 valence electrons. The molecule has 0 radical (unpaired) electrons. The summed E-state index contributed by atoms with van der Waals surface area (Å²) < 4.78 is 14.4. The van der Waals surface area contributed by atoms with Crippen molar-refractivity contribution in [2.24, 2.45) is 0 Å². The van der Waals surface area contributed by atoms with Gasteiger partial charge in [0, 0.05) is 26.2 Å². The van der Waals surface area contributed by atoms with Crippen molar-refractivity contribution in [3.05, 3.63) is 41.0 Å². The van der Waals surface area contributed by atoms with Gasteiger partial charge in [0.15, 0.2) is 5.82 Å². The Morgan fingerprint density at radius 1 is 1.16 bits per heavy atom. The Morgan fingerprint density at radius 3 is 2.28 bits per heavy atom. The summed E-state index contributed by atoms with van der Waals surface area (Å²) in [5, 5.41) is 16.2. The molecule has 1 fully saturated rings. The molecule has 0 aliphatic carbocycles. The number of aromatic nitrogens is 2. The molecule has 0 atom stereocenters. The molecule has 6 nitrogen and oxygen atoms in total. The van der Waals surface area contributed by atoms with E-state index in [1.165, 1.54) is 6.07 Å². The second kappa shape index (κ2) is 8.00. The Bertz CT molecular complexity index is 717. The lowest BCUT2D eigenvalue weighted by atomic mass is 10.1. The smallest absolute Gasteiger partial charge is 0.338 e. The molecule has 0 spiro atoms. The minimum absolute atomic E-state index is 0.286. The number of anilines is 2. The minimum atomic E-state index is -1.24. The second-order valence-corrected chi connectivity index (χ2v) is 5.70. The van der Waals surface area contributed by atoms with Crippen LogP contribution in [0.25, 0.3) is 0 Å². The van der Waals surface area contributed by atoms with Crippen LogP contribution in [0.3, 0.4) is 0 Å². The zero-order valence-electron chi connectivity index (χ0n) is 15.1. The molecule has 25 heavy (non-hydrogen) atoms. The van der Waals surface area contributed by atoms with Crippen molar-refractivity contribution in [1.29, 1.82) is 0 Å². The first-order valence-electron chi connectivity index (χ1n) is 8.52. The summed E-state index contributed by atoms with van der Waals surface area (Å²) in [6.45, 7) is 10.7. The van der Waals surface area contributed by atoms with Gasteiger partial charge < -0.3 is 14.9 Å². The highest BCUT2D eigenvalue weighted by atomic mass is 19.1. The monoisotopic (exact) mass is 348 g/mol. The molecule has 1 aliphatic heterocycles. The maximum absolute atomic E-state index is 14.4. The largest absolute Gasteiger partial charge is 0.478 e. The van der Waals surface area contributed by atoms with Crippen molar-refractivity contribution < 1.29 is 14.3 Å².